The van der Waals surface area contributed by atoms with Crippen molar-refractivity contribution in [3.05, 3.63) is 30.1 Å². The Hall–Kier alpha value is -2.94. The average Bonchev–Trinajstić information content (AvgIpc) is 3.44. The summed E-state index contributed by atoms with van der Waals surface area (Å²) in [5, 5.41) is 3.31. The topological polar surface area (TPSA) is 80.7 Å². The number of nitrogens with zero attached hydrogens (tertiary/aromatic N) is 7. The molecule has 2 aromatic heterocycles. The van der Waals surface area contributed by atoms with E-state index >= 15 is 0 Å². The molecule has 36 heavy (non-hydrogen) atoms. The van der Waals surface area contributed by atoms with Crippen LogP contribution in [0.4, 0.5) is 23.3 Å². The van der Waals surface area contributed by atoms with Crippen LogP contribution in [0.25, 0.3) is 0 Å². The summed E-state index contributed by atoms with van der Waals surface area (Å²) in [6, 6.07) is 5.25. The third-order valence-electron chi connectivity index (χ3n) is 7.58. The van der Waals surface area contributed by atoms with Gasteiger partial charge in [0.1, 0.15) is 11.6 Å². The molecular weight excluding hydrogens is 452 g/mol. The molecule has 2 aliphatic rings. The van der Waals surface area contributed by atoms with Crippen molar-refractivity contribution in [2.45, 2.75) is 64.5 Å². The summed E-state index contributed by atoms with van der Waals surface area (Å²) in [6.45, 7) is 9.46. The van der Waals surface area contributed by atoms with Crippen LogP contribution in [-0.2, 0) is 11.2 Å². The number of carbonyl (C=O) groups excluding carboxylic acids is 1. The molecule has 196 valence electrons. The molecule has 1 aliphatic heterocycles. The third kappa shape index (κ3) is 6.63. The van der Waals surface area contributed by atoms with Crippen molar-refractivity contribution in [3.63, 3.8) is 0 Å². The summed E-state index contributed by atoms with van der Waals surface area (Å²) in [5.41, 5.74) is 2.28. The van der Waals surface area contributed by atoms with Crippen LogP contribution in [0.5, 0.6) is 0 Å². The van der Waals surface area contributed by atoms with Crippen LogP contribution in [0.2, 0.25) is 0 Å². The van der Waals surface area contributed by atoms with Crippen molar-refractivity contribution in [1.82, 2.24) is 24.8 Å². The third-order valence-corrected chi connectivity index (χ3v) is 7.58. The Bertz CT molecular complexity index is 968. The number of rotatable bonds is 11. The maximum Gasteiger partial charge on any atom is 0.230 e. The van der Waals surface area contributed by atoms with Gasteiger partial charge in [-0.05, 0) is 51.7 Å². The lowest BCUT2D eigenvalue weighted by molar-refractivity contribution is -0.117. The summed E-state index contributed by atoms with van der Waals surface area (Å²) < 4.78 is 0. The Kier molecular flexibility index (Phi) is 8.96. The molecule has 9 nitrogen and oxygen atoms in total. The Morgan fingerprint density at radius 1 is 1.08 bits per heavy atom. The highest BCUT2D eigenvalue weighted by Gasteiger charge is 2.23. The predicted molar refractivity (Wildman–Crippen MR) is 146 cm³/mol. The fraction of sp³-hybridized carbons (Fsp3) is 0.630. The van der Waals surface area contributed by atoms with E-state index in [1.807, 2.05) is 25.5 Å². The van der Waals surface area contributed by atoms with Crippen molar-refractivity contribution < 1.29 is 4.79 Å². The van der Waals surface area contributed by atoms with Gasteiger partial charge in [-0.15, -0.1) is 0 Å². The lowest BCUT2D eigenvalue weighted by Gasteiger charge is -2.38. The minimum absolute atomic E-state index is 0.512. The van der Waals surface area contributed by atoms with Crippen molar-refractivity contribution in [2.75, 3.05) is 61.9 Å². The summed E-state index contributed by atoms with van der Waals surface area (Å²) in [4.78, 5) is 34.1. The lowest BCUT2D eigenvalue weighted by atomic mass is 10.1. The number of nitrogens with one attached hydrogen (secondary N) is 1. The highest BCUT2D eigenvalue weighted by atomic mass is 16.1. The molecule has 1 amide bonds. The average molecular weight is 495 g/mol. The number of aromatic nitrogens is 3. The van der Waals surface area contributed by atoms with E-state index in [1.54, 1.807) is 4.90 Å². The largest absolute Gasteiger partial charge is 0.368 e. The van der Waals surface area contributed by atoms with Gasteiger partial charge in [-0.2, -0.15) is 4.98 Å². The molecule has 1 aliphatic carbocycles. The number of pyridine rings is 1. The fourth-order valence-electron chi connectivity index (χ4n) is 5.23. The first-order chi connectivity index (χ1) is 17.4. The van der Waals surface area contributed by atoms with Gasteiger partial charge in [0.2, 0.25) is 12.4 Å². The fourth-order valence-corrected chi connectivity index (χ4v) is 5.23. The molecule has 4 rings (SSSR count). The highest BCUT2D eigenvalue weighted by molar-refractivity contribution is 5.57. The Morgan fingerprint density at radius 3 is 2.47 bits per heavy atom. The van der Waals surface area contributed by atoms with Gasteiger partial charge in [-0.3, -0.25) is 9.69 Å². The molecule has 2 fully saturated rings. The second-order valence-electron chi connectivity index (χ2n) is 10.4. The SMILES string of the molecule is CC(C)N1CCN(c2ccc(Nc3ncc(CCCN(C)C=O)c(N(C)C4CCCC4)n3)nc2)CC1. The van der Waals surface area contributed by atoms with Crippen molar-refractivity contribution in [3.8, 4) is 0 Å². The number of amides is 1. The number of anilines is 4. The molecule has 2 aromatic rings. The van der Waals surface area contributed by atoms with Crippen molar-refractivity contribution in [2.24, 2.45) is 0 Å². The van der Waals surface area contributed by atoms with E-state index in [1.165, 1.54) is 25.7 Å². The van der Waals surface area contributed by atoms with Crippen molar-refractivity contribution in [1.29, 1.82) is 0 Å². The first-order valence-corrected chi connectivity index (χ1v) is 13.4. The molecule has 0 atom stereocenters. The van der Waals surface area contributed by atoms with Gasteiger partial charge in [0.15, 0.2) is 0 Å². The number of piperazine rings is 1. The maximum atomic E-state index is 10.9. The molecule has 0 radical (unpaired) electrons. The van der Waals surface area contributed by atoms with Crippen LogP contribution in [0.15, 0.2) is 24.5 Å². The van der Waals surface area contributed by atoms with Crippen LogP contribution in [0, 0.1) is 0 Å². The van der Waals surface area contributed by atoms with Gasteiger partial charge in [0.25, 0.3) is 0 Å². The van der Waals surface area contributed by atoms with E-state index < -0.39 is 0 Å². The van der Waals surface area contributed by atoms with E-state index in [0.717, 1.165) is 74.9 Å². The normalized spacial score (nSPS) is 17.0. The van der Waals surface area contributed by atoms with Gasteiger partial charge < -0.3 is 20.0 Å². The first kappa shape index (κ1) is 26.1. The smallest absolute Gasteiger partial charge is 0.230 e. The predicted octanol–water partition coefficient (Wildman–Crippen LogP) is 3.55. The Morgan fingerprint density at radius 2 is 1.83 bits per heavy atom. The summed E-state index contributed by atoms with van der Waals surface area (Å²) >= 11 is 0. The van der Waals surface area contributed by atoms with Crippen LogP contribution in [0.1, 0.15) is 51.5 Å². The molecule has 3 heterocycles. The summed E-state index contributed by atoms with van der Waals surface area (Å²) in [5.74, 6) is 2.29. The van der Waals surface area contributed by atoms with E-state index in [0.29, 0.717) is 18.0 Å². The minimum atomic E-state index is 0.512. The van der Waals surface area contributed by atoms with E-state index in [2.05, 4.69) is 56.9 Å². The molecule has 1 saturated carbocycles. The Labute approximate surface area is 215 Å². The number of hydrogen-bond donors (Lipinski definition) is 1. The van der Waals surface area contributed by atoms with Crippen LogP contribution < -0.4 is 15.1 Å². The quantitative estimate of drug-likeness (QED) is 0.475. The second-order valence-corrected chi connectivity index (χ2v) is 10.4. The first-order valence-electron chi connectivity index (χ1n) is 13.4. The standard InChI is InChI=1S/C27H42N8O/c1-21(2)34-14-16-35(17-15-34)24-11-12-25(28-19-24)30-27-29-18-22(8-7-13-32(3)20-36)26(31-27)33(4)23-9-5-6-10-23/h11-12,18-21,23H,5-10,13-17H2,1-4H3,(H,28,29,30,31). The zero-order chi connectivity index (χ0) is 25.5. The monoisotopic (exact) mass is 494 g/mol. The number of aryl methyl sites for hydroxylation is 1. The summed E-state index contributed by atoms with van der Waals surface area (Å²) in [7, 11) is 3.96. The second kappa shape index (κ2) is 12.3. The van der Waals surface area contributed by atoms with Gasteiger partial charge in [-0.1, -0.05) is 12.8 Å². The van der Waals surface area contributed by atoms with E-state index in [4.69, 9.17) is 4.98 Å². The Balaban J connectivity index is 1.43. The molecule has 1 saturated heterocycles. The molecule has 0 bridgehead atoms. The molecule has 0 unspecified atom stereocenters. The zero-order valence-electron chi connectivity index (χ0n) is 22.4. The van der Waals surface area contributed by atoms with Gasteiger partial charge in [-0.25, -0.2) is 9.97 Å². The highest BCUT2D eigenvalue weighted by Crippen LogP contribution is 2.29. The van der Waals surface area contributed by atoms with Crippen LogP contribution >= 0.6 is 0 Å². The van der Waals surface area contributed by atoms with Crippen LogP contribution in [0.3, 0.4) is 0 Å². The lowest BCUT2D eigenvalue weighted by Crippen LogP contribution is -2.48. The molecule has 0 aromatic carbocycles. The van der Waals surface area contributed by atoms with Gasteiger partial charge in [0.05, 0.1) is 11.9 Å². The van der Waals surface area contributed by atoms with Crippen molar-refractivity contribution >= 4 is 29.7 Å². The minimum Gasteiger partial charge on any atom is -0.368 e. The van der Waals surface area contributed by atoms with E-state index in [-0.39, 0.29) is 0 Å². The number of carbonyl (C=O) groups is 1. The van der Waals surface area contributed by atoms with E-state index in [9.17, 15) is 4.79 Å². The summed E-state index contributed by atoms with van der Waals surface area (Å²) in [6.07, 6.45) is 11.4. The molecule has 0 spiro atoms. The van der Waals surface area contributed by atoms with Crippen LogP contribution in [-0.4, -0.2) is 90.1 Å². The molecule has 1 N–H and O–H groups in total. The molecular formula is C27H42N8O. The molecule has 9 heteroatoms. The van der Waals surface area contributed by atoms with Gasteiger partial charge in [0, 0.05) is 70.7 Å². The zero-order valence-corrected chi connectivity index (χ0v) is 22.4. The maximum absolute atomic E-state index is 10.9. The van der Waals surface area contributed by atoms with Gasteiger partial charge >= 0.3 is 0 Å². The number of hydrogen-bond acceptors (Lipinski definition) is 8.